The van der Waals surface area contributed by atoms with Gasteiger partial charge in [-0.1, -0.05) is 103 Å². The highest BCUT2D eigenvalue weighted by Gasteiger charge is 2.43. The monoisotopic (exact) mass is 617 g/mol. The molecule has 6 rings (SSSR count). The largest absolute Gasteiger partial charge is 0.296 e. The zero-order valence-electron chi connectivity index (χ0n) is 25.3. The van der Waals surface area contributed by atoms with E-state index in [1.54, 1.807) is 0 Å². The lowest BCUT2D eigenvalue weighted by atomic mass is 9.77. The average molecular weight is 619 g/mol. The Hall–Kier alpha value is -2.21. The van der Waals surface area contributed by atoms with E-state index < -0.39 is 0 Å². The second-order valence-electron chi connectivity index (χ2n) is 12.7. The van der Waals surface area contributed by atoms with E-state index in [4.69, 9.17) is 23.2 Å². The van der Waals surface area contributed by atoms with Gasteiger partial charge in [-0.15, -0.1) is 0 Å². The lowest BCUT2D eigenvalue weighted by Crippen LogP contribution is -2.55. The Labute approximate surface area is 268 Å². The van der Waals surface area contributed by atoms with Crippen molar-refractivity contribution in [3.05, 3.63) is 106 Å². The lowest BCUT2D eigenvalue weighted by molar-refractivity contribution is -0.0115. The predicted octanol–water partition coefficient (Wildman–Crippen LogP) is 8.64. The lowest BCUT2D eigenvalue weighted by Gasteiger charge is -2.52. The van der Waals surface area contributed by atoms with Crippen molar-refractivity contribution in [3.63, 3.8) is 0 Å². The van der Waals surface area contributed by atoms with Crippen LogP contribution in [0.1, 0.15) is 85.3 Å². The van der Waals surface area contributed by atoms with Gasteiger partial charge in [0.2, 0.25) is 0 Å². The number of halogens is 2. The van der Waals surface area contributed by atoms with E-state index in [1.807, 2.05) is 42.5 Å². The zero-order chi connectivity index (χ0) is 29.6. The summed E-state index contributed by atoms with van der Waals surface area (Å²) >= 11 is 13.0. The first-order chi connectivity index (χ1) is 21.0. The molecule has 4 nitrogen and oxygen atoms in total. The third kappa shape index (κ3) is 6.89. The van der Waals surface area contributed by atoms with Crippen LogP contribution in [-0.4, -0.2) is 65.8 Å². The molecule has 2 unspecified atom stereocenters. The van der Waals surface area contributed by atoms with Crippen molar-refractivity contribution in [3.8, 4) is 0 Å². The minimum Gasteiger partial charge on any atom is -0.296 e. The van der Waals surface area contributed by atoms with E-state index in [0.29, 0.717) is 10.0 Å². The van der Waals surface area contributed by atoms with Gasteiger partial charge in [0.25, 0.3) is 0 Å². The second-order valence-corrected chi connectivity index (χ2v) is 13.6. The van der Waals surface area contributed by atoms with Crippen LogP contribution in [0.25, 0.3) is 0 Å². The summed E-state index contributed by atoms with van der Waals surface area (Å²) in [5.74, 6) is 0.233. The Morgan fingerprint density at radius 1 is 0.674 bits per heavy atom. The van der Waals surface area contributed by atoms with E-state index in [2.05, 4.69) is 51.1 Å². The highest BCUT2D eigenvalue weighted by Crippen LogP contribution is 2.43. The molecule has 0 bridgehead atoms. The van der Waals surface area contributed by atoms with Gasteiger partial charge >= 0.3 is 0 Å². The molecule has 0 saturated carbocycles. The number of carbonyl (C=O) groups excluding carboxylic acids is 1. The van der Waals surface area contributed by atoms with E-state index in [9.17, 15) is 4.79 Å². The second kappa shape index (κ2) is 14.3. The first kappa shape index (κ1) is 30.8. The van der Waals surface area contributed by atoms with Crippen LogP contribution in [-0.2, 0) is 5.54 Å². The van der Waals surface area contributed by atoms with Crippen molar-refractivity contribution < 1.29 is 4.79 Å². The van der Waals surface area contributed by atoms with Gasteiger partial charge in [0, 0.05) is 30.2 Å². The van der Waals surface area contributed by atoms with Gasteiger partial charge in [-0.05, 0) is 94.4 Å². The molecule has 3 heterocycles. The molecule has 43 heavy (non-hydrogen) atoms. The van der Waals surface area contributed by atoms with Crippen LogP contribution < -0.4 is 0 Å². The van der Waals surface area contributed by atoms with Crippen LogP contribution in [0.15, 0.2) is 78.9 Å². The Morgan fingerprint density at radius 3 is 1.91 bits per heavy atom. The number of Topliss-reactive ketones (excluding diaryl/α,β-unsaturated/α-hetero) is 1. The zero-order valence-corrected chi connectivity index (χ0v) is 26.8. The minimum absolute atomic E-state index is 0.0620. The van der Waals surface area contributed by atoms with Gasteiger partial charge in [-0.2, -0.15) is 0 Å². The normalized spacial score (nSPS) is 21.7. The van der Waals surface area contributed by atoms with Crippen LogP contribution in [0.3, 0.4) is 0 Å². The maximum Gasteiger partial charge on any atom is 0.180 e. The van der Waals surface area contributed by atoms with Crippen molar-refractivity contribution >= 4 is 29.0 Å². The van der Waals surface area contributed by atoms with E-state index in [0.717, 1.165) is 69.4 Å². The Bertz CT molecular complexity index is 1330. The molecule has 228 valence electrons. The molecule has 0 radical (unpaired) electrons. The Balaban J connectivity index is 1.32. The maximum atomic E-state index is 14.2. The Kier molecular flexibility index (Phi) is 10.2. The molecule has 0 aromatic heterocycles. The van der Waals surface area contributed by atoms with E-state index >= 15 is 0 Å². The molecule has 0 aliphatic carbocycles. The molecule has 0 N–H and O–H groups in total. The summed E-state index contributed by atoms with van der Waals surface area (Å²) < 4.78 is 0. The quantitative estimate of drug-likeness (QED) is 0.224. The molecule has 0 spiro atoms. The number of likely N-dealkylation sites (tertiary alicyclic amines) is 3. The molecule has 0 amide bonds. The fourth-order valence-electron chi connectivity index (χ4n) is 7.94. The first-order valence-corrected chi connectivity index (χ1v) is 17.1. The third-order valence-electron chi connectivity index (χ3n) is 10.3. The summed E-state index contributed by atoms with van der Waals surface area (Å²) in [6.07, 6.45) is 10.3. The number of hydrogen-bond acceptors (Lipinski definition) is 4. The van der Waals surface area contributed by atoms with Gasteiger partial charge in [-0.25, -0.2) is 0 Å². The number of rotatable bonds is 9. The number of hydrogen-bond donors (Lipinski definition) is 0. The highest BCUT2D eigenvalue weighted by atomic mass is 35.5. The summed E-state index contributed by atoms with van der Waals surface area (Å²) in [5, 5.41) is 1.15. The maximum absolute atomic E-state index is 14.2. The van der Waals surface area contributed by atoms with Crippen LogP contribution in [0.4, 0.5) is 0 Å². The highest BCUT2D eigenvalue weighted by molar-refractivity contribution is 6.42. The van der Waals surface area contributed by atoms with Crippen LogP contribution in [0, 0.1) is 0 Å². The van der Waals surface area contributed by atoms with Gasteiger partial charge < -0.3 is 0 Å². The fraction of sp³-hybridized carbons (Fsp3) is 0.486. The summed E-state index contributed by atoms with van der Waals surface area (Å²) in [7, 11) is 0. The summed E-state index contributed by atoms with van der Waals surface area (Å²) in [6, 6.07) is 27.1. The fourth-order valence-corrected chi connectivity index (χ4v) is 8.24. The smallest absolute Gasteiger partial charge is 0.180 e. The van der Waals surface area contributed by atoms with Crippen LogP contribution >= 0.6 is 23.2 Å². The number of carbonyl (C=O) groups is 1. The number of piperidine rings is 3. The van der Waals surface area contributed by atoms with Crippen LogP contribution in [0.5, 0.6) is 0 Å². The molecule has 3 fully saturated rings. The first-order valence-electron chi connectivity index (χ1n) is 16.4. The average Bonchev–Trinajstić information content (AvgIpc) is 3.08. The van der Waals surface area contributed by atoms with Crippen molar-refractivity contribution in [2.24, 2.45) is 0 Å². The van der Waals surface area contributed by atoms with Gasteiger partial charge in [0.05, 0.1) is 16.1 Å². The molecular formula is C37H45Cl2N3O. The van der Waals surface area contributed by atoms with Crippen molar-refractivity contribution in [2.45, 2.75) is 75.4 Å². The molecule has 3 saturated heterocycles. The number of benzene rings is 3. The topological polar surface area (TPSA) is 26.8 Å². The summed E-state index contributed by atoms with van der Waals surface area (Å²) in [5.41, 5.74) is 3.47. The van der Waals surface area contributed by atoms with E-state index in [-0.39, 0.29) is 23.4 Å². The van der Waals surface area contributed by atoms with Crippen molar-refractivity contribution in [2.75, 3.05) is 39.3 Å². The molecule has 2 atom stereocenters. The van der Waals surface area contributed by atoms with E-state index in [1.165, 1.54) is 44.3 Å². The summed E-state index contributed by atoms with van der Waals surface area (Å²) in [4.78, 5) is 22.1. The SMILES string of the molecule is O=C(c1ccccc1)C(CC(c1ccc(Cl)c(Cl)c1)N1CCC(c2ccccc2)(N2CCCCC2)CC1)N1CCCCC1. The molecule has 3 aromatic carbocycles. The van der Waals surface area contributed by atoms with Crippen LogP contribution in [0.2, 0.25) is 10.0 Å². The standard InChI is InChI=1S/C37H45Cl2N3O/c38-32-18-17-30(27-33(32)39)34(28-35(40-21-9-3-10-22-40)36(43)29-13-5-1-6-14-29)41-25-19-37(20-26-41,31-15-7-2-8-16-31)42-23-11-4-12-24-42/h1-2,5-8,13-18,27,34-35H,3-4,9-12,19-26,28H2. The van der Waals surface area contributed by atoms with Gasteiger partial charge in [0.15, 0.2) is 5.78 Å². The predicted molar refractivity (Wildman–Crippen MR) is 178 cm³/mol. The molecule has 6 heteroatoms. The number of nitrogens with zero attached hydrogens (tertiary/aromatic N) is 3. The molecule has 3 aromatic rings. The molecule has 3 aliphatic rings. The van der Waals surface area contributed by atoms with Gasteiger partial charge in [-0.3, -0.25) is 19.5 Å². The number of ketones is 1. The molecular weight excluding hydrogens is 573 g/mol. The minimum atomic E-state index is -0.176. The Morgan fingerprint density at radius 2 is 1.28 bits per heavy atom. The third-order valence-corrected chi connectivity index (χ3v) is 11.0. The molecule has 3 aliphatic heterocycles. The van der Waals surface area contributed by atoms with Crippen molar-refractivity contribution in [1.82, 2.24) is 14.7 Å². The summed E-state index contributed by atoms with van der Waals surface area (Å²) in [6.45, 7) is 6.25. The van der Waals surface area contributed by atoms with Gasteiger partial charge in [0.1, 0.15) is 0 Å². The van der Waals surface area contributed by atoms with Crippen molar-refractivity contribution in [1.29, 1.82) is 0 Å².